The number of amides is 4. The van der Waals surface area contributed by atoms with Crippen molar-refractivity contribution < 1.29 is 28.7 Å². The number of hydrogen-bond donors (Lipinski definition) is 4. The minimum Gasteiger partial charge on any atom is -0.440 e. The van der Waals surface area contributed by atoms with Crippen LogP contribution in [0, 0.1) is 11.8 Å². The first kappa shape index (κ1) is 34.6. The molecule has 4 atom stereocenters. The van der Waals surface area contributed by atoms with Crippen LogP contribution in [0.3, 0.4) is 0 Å². The summed E-state index contributed by atoms with van der Waals surface area (Å²) in [4.78, 5) is 64.1. The summed E-state index contributed by atoms with van der Waals surface area (Å²) in [6.07, 6.45) is -1.09. The molecular weight excluding hydrogens is 584 g/mol. The topological polar surface area (TPSA) is 157 Å². The van der Waals surface area contributed by atoms with Crippen molar-refractivity contribution in [2.45, 2.75) is 89.9 Å². The SMILES string of the molecule is CC(C)CC(NC(=O)OC(c1ccccc1)C(C)(C)c1cccc(Cl)c1)C(=O)NC(CC1CC(C)(C)NC1=O)C(=O)C(N)=O. The largest absolute Gasteiger partial charge is 0.440 e. The molecule has 0 aliphatic carbocycles. The Balaban J connectivity index is 1.84. The van der Waals surface area contributed by atoms with Crippen LogP contribution in [0.1, 0.15) is 78.0 Å². The van der Waals surface area contributed by atoms with E-state index in [1.165, 1.54) is 0 Å². The fourth-order valence-electron chi connectivity index (χ4n) is 5.63. The number of Topliss-reactive ketones (excluding diaryl/α,β-unsaturated/α-hetero) is 1. The number of ether oxygens (including phenoxy) is 1. The lowest BCUT2D eigenvalue weighted by Gasteiger charge is -2.35. The van der Waals surface area contributed by atoms with Crippen molar-refractivity contribution in [3.8, 4) is 0 Å². The minimum atomic E-state index is -1.34. The van der Waals surface area contributed by atoms with Crippen molar-refractivity contribution >= 4 is 41.2 Å². The molecule has 4 amide bonds. The summed E-state index contributed by atoms with van der Waals surface area (Å²) in [5.41, 5.74) is 5.64. The van der Waals surface area contributed by atoms with Crippen molar-refractivity contribution in [2.24, 2.45) is 17.6 Å². The highest BCUT2D eigenvalue weighted by Crippen LogP contribution is 2.40. The van der Waals surface area contributed by atoms with Crippen molar-refractivity contribution in [3.05, 3.63) is 70.7 Å². The van der Waals surface area contributed by atoms with Crippen LogP contribution in [0.4, 0.5) is 4.79 Å². The molecule has 3 rings (SSSR count). The number of nitrogens with two attached hydrogens (primary N) is 1. The number of rotatable bonds is 13. The van der Waals surface area contributed by atoms with E-state index >= 15 is 0 Å². The van der Waals surface area contributed by atoms with Gasteiger partial charge in [0, 0.05) is 21.9 Å². The van der Waals surface area contributed by atoms with Crippen LogP contribution in [0.2, 0.25) is 5.02 Å². The average Bonchev–Trinajstić information content (AvgIpc) is 3.20. The van der Waals surface area contributed by atoms with E-state index in [2.05, 4.69) is 16.0 Å². The highest BCUT2D eigenvalue weighted by atomic mass is 35.5. The second-order valence-corrected chi connectivity index (χ2v) is 13.5. The van der Waals surface area contributed by atoms with Crippen LogP contribution in [0.5, 0.6) is 0 Å². The number of alkyl carbamates (subject to hydrolysis) is 1. The van der Waals surface area contributed by atoms with Gasteiger partial charge in [-0.1, -0.05) is 81.8 Å². The maximum Gasteiger partial charge on any atom is 0.408 e. The number of primary amides is 1. The molecule has 1 aliphatic rings. The van der Waals surface area contributed by atoms with Gasteiger partial charge in [0.05, 0.1) is 6.04 Å². The summed E-state index contributed by atoms with van der Waals surface area (Å²) in [7, 11) is 0. The third-order valence-electron chi connectivity index (χ3n) is 7.85. The Bertz CT molecular complexity index is 1380. The van der Waals surface area contributed by atoms with Crippen molar-refractivity contribution in [3.63, 3.8) is 0 Å². The van der Waals surface area contributed by atoms with Gasteiger partial charge in [0.25, 0.3) is 5.91 Å². The van der Waals surface area contributed by atoms with E-state index in [0.29, 0.717) is 11.4 Å². The number of ketones is 1. The highest BCUT2D eigenvalue weighted by molar-refractivity contribution is 6.38. The standard InChI is InChI=1S/C33H43ClN4O6/c1-19(2)15-25(30(42)36-24(26(39)28(35)40)16-21-18-32(3,4)38-29(21)41)37-31(43)44-27(20-11-8-7-9-12-20)33(5,6)22-13-10-14-23(34)17-22/h7-14,17,19,21,24-25,27H,15-16,18H2,1-6H3,(H2,35,40)(H,36,42)(H,37,43)(H,38,41). The molecule has 0 aromatic heterocycles. The lowest BCUT2D eigenvalue weighted by Crippen LogP contribution is -2.54. The zero-order valence-electron chi connectivity index (χ0n) is 26.1. The molecule has 1 saturated heterocycles. The summed E-state index contributed by atoms with van der Waals surface area (Å²) in [6, 6.07) is 14.1. The number of benzene rings is 2. The van der Waals surface area contributed by atoms with Gasteiger partial charge in [-0.05, 0) is 62.3 Å². The maximum atomic E-state index is 13.5. The Morgan fingerprint density at radius 2 is 1.70 bits per heavy atom. The molecule has 0 saturated carbocycles. The Kier molecular flexibility index (Phi) is 11.2. The number of nitrogens with one attached hydrogen (secondary N) is 3. The molecule has 11 heteroatoms. The molecule has 44 heavy (non-hydrogen) atoms. The van der Waals surface area contributed by atoms with Crippen LogP contribution in [0.15, 0.2) is 54.6 Å². The summed E-state index contributed by atoms with van der Waals surface area (Å²) in [5.74, 6) is -3.87. The Morgan fingerprint density at radius 1 is 1.05 bits per heavy atom. The second-order valence-electron chi connectivity index (χ2n) is 13.1. The summed E-state index contributed by atoms with van der Waals surface area (Å²) >= 11 is 6.28. The second kappa shape index (κ2) is 14.2. The van der Waals surface area contributed by atoms with E-state index in [0.717, 1.165) is 11.1 Å². The van der Waals surface area contributed by atoms with Gasteiger partial charge in [0.15, 0.2) is 0 Å². The molecule has 1 fully saturated rings. The number of carbonyl (C=O) groups is 5. The van der Waals surface area contributed by atoms with Crippen LogP contribution < -0.4 is 21.7 Å². The highest BCUT2D eigenvalue weighted by Gasteiger charge is 2.41. The third-order valence-corrected chi connectivity index (χ3v) is 8.09. The zero-order valence-corrected chi connectivity index (χ0v) is 26.9. The lowest BCUT2D eigenvalue weighted by molar-refractivity contribution is -0.139. The van der Waals surface area contributed by atoms with Gasteiger partial charge in [-0.25, -0.2) is 4.79 Å². The Hall–Kier alpha value is -3.92. The van der Waals surface area contributed by atoms with Crippen molar-refractivity contribution in [1.82, 2.24) is 16.0 Å². The molecule has 238 valence electrons. The van der Waals surface area contributed by atoms with Crippen LogP contribution in [-0.4, -0.2) is 47.2 Å². The molecule has 1 aliphatic heterocycles. The molecular formula is C33H43ClN4O6. The Labute approximate surface area is 263 Å². The average molecular weight is 627 g/mol. The predicted molar refractivity (Wildman–Crippen MR) is 168 cm³/mol. The number of carbonyl (C=O) groups excluding carboxylic acids is 5. The molecule has 5 N–H and O–H groups in total. The number of hydrogen-bond acceptors (Lipinski definition) is 6. The van der Waals surface area contributed by atoms with Crippen molar-refractivity contribution in [1.29, 1.82) is 0 Å². The van der Waals surface area contributed by atoms with E-state index in [-0.39, 0.29) is 24.7 Å². The quantitative estimate of drug-likeness (QED) is 0.242. The molecule has 2 aromatic carbocycles. The van der Waals surface area contributed by atoms with E-state index in [1.807, 2.05) is 90.1 Å². The Morgan fingerprint density at radius 3 is 2.25 bits per heavy atom. The molecule has 10 nitrogen and oxygen atoms in total. The van der Waals surface area contributed by atoms with Gasteiger partial charge in [0.1, 0.15) is 12.1 Å². The minimum absolute atomic E-state index is 0.0365. The molecule has 2 aromatic rings. The van der Waals surface area contributed by atoms with E-state index < -0.39 is 58.8 Å². The number of halogens is 1. The molecule has 0 bridgehead atoms. The molecule has 1 heterocycles. The smallest absolute Gasteiger partial charge is 0.408 e. The van der Waals surface area contributed by atoms with Gasteiger partial charge in [-0.3, -0.25) is 19.2 Å². The molecule has 0 spiro atoms. The van der Waals surface area contributed by atoms with E-state index in [1.54, 1.807) is 6.07 Å². The van der Waals surface area contributed by atoms with E-state index in [4.69, 9.17) is 22.1 Å². The summed E-state index contributed by atoms with van der Waals surface area (Å²) in [6.45, 7) is 11.3. The van der Waals surface area contributed by atoms with Gasteiger partial charge in [-0.15, -0.1) is 0 Å². The van der Waals surface area contributed by atoms with Gasteiger partial charge in [0.2, 0.25) is 17.6 Å². The van der Waals surface area contributed by atoms with Gasteiger partial charge >= 0.3 is 6.09 Å². The normalized spacial score (nSPS) is 18.1. The fraction of sp³-hybridized carbons (Fsp3) is 0.485. The first-order chi connectivity index (χ1) is 20.5. The van der Waals surface area contributed by atoms with Crippen LogP contribution in [-0.2, 0) is 29.3 Å². The predicted octanol–water partition coefficient (Wildman–Crippen LogP) is 4.34. The zero-order chi connectivity index (χ0) is 32.8. The van der Waals surface area contributed by atoms with Crippen molar-refractivity contribution in [2.75, 3.05) is 0 Å². The lowest BCUT2D eigenvalue weighted by atomic mass is 9.76. The fourth-order valence-corrected chi connectivity index (χ4v) is 5.82. The summed E-state index contributed by atoms with van der Waals surface area (Å²) in [5, 5.41) is 8.63. The monoisotopic (exact) mass is 626 g/mol. The summed E-state index contributed by atoms with van der Waals surface area (Å²) < 4.78 is 6.03. The van der Waals surface area contributed by atoms with Crippen LogP contribution in [0.25, 0.3) is 0 Å². The first-order valence-corrected chi connectivity index (χ1v) is 15.1. The van der Waals surface area contributed by atoms with E-state index in [9.17, 15) is 24.0 Å². The maximum absolute atomic E-state index is 13.5. The van der Waals surface area contributed by atoms with Crippen LogP contribution >= 0.6 is 11.6 Å². The first-order valence-electron chi connectivity index (χ1n) is 14.7. The van der Waals surface area contributed by atoms with Gasteiger partial charge in [-0.2, -0.15) is 0 Å². The third kappa shape index (κ3) is 9.05. The molecule has 4 unspecified atom stereocenters. The van der Waals surface area contributed by atoms with Gasteiger partial charge < -0.3 is 26.4 Å². The molecule has 0 radical (unpaired) electrons.